The number of carbonyl (C=O) groups is 1. The molecule has 0 saturated carbocycles. The van der Waals surface area contributed by atoms with E-state index in [2.05, 4.69) is 25.7 Å². The van der Waals surface area contributed by atoms with E-state index in [0.717, 1.165) is 25.8 Å². The molecule has 0 aromatic heterocycles. The Kier molecular flexibility index (Phi) is 8.00. The van der Waals surface area contributed by atoms with E-state index in [1.165, 1.54) is 12.8 Å². The van der Waals surface area contributed by atoms with Gasteiger partial charge >= 0.3 is 0 Å². The average Bonchev–Trinajstić information content (AvgIpc) is 2.14. The summed E-state index contributed by atoms with van der Waals surface area (Å²) in [6.07, 6.45) is 5.17. The van der Waals surface area contributed by atoms with Gasteiger partial charge in [0.1, 0.15) is 6.29 Å². The molecule has 2 heteroatoms. The fourth-order valence-electron chi connectivity index (χ4n) is 1.74. The summed E-state index contributed by atoms with van der Waals surface area (Å²) in [7, 11) is 0. The van der Waals surface area contributed by atoms with E-state index in [1.54, 1.807) is 0 Å². The Labute approximate surface area is 82.3 Å². The molecule has 1 atom stereocenters. The molecule has 0 aliphatic heterocycles. The molecule has 0 bridgehead atoms. The third kappa shape index (κ3) is 5.04. The number of hydrogen-bond acceptors (Lipinski definition) is 2. The molecule has 78 valence electrons. The smallest absolute Gasteiger partial charge is 0.121 e. The summed E-state index contributed by atoms with van der Waals surface area (Å²) in [4.78, 5) is 12.9. The van der Waals surface area contributed by atoms with Gasteiger partial charge in [0, 0.05) is 12.5 Å². The second-order valence-corrected chi connectivity index (χ2v) is 3.50. The predicted molar refractivity (Wildman–Crippen MR) is 56.9 cm³/mol. The van der Waals surface area contributed by atoms with E-state index in [4.69, 9.17) is 0 Å². The van der Waals surface area contributed by atoms with Crippen molar-refractivity contribution in [2.75, 3.05) is 13.1 Å². The van der Waals surface area contributed by atoms with Gasteiger partial charge in [-0.3, -0.25) is 4.90 Å². The second kappa shape index (κ2) is 8.24. The molecule has 0 aliphatic rings. The molecule has 0 radical (unpaired) electrons. The van der Waals surface area contributed by atoms with Gasteiger partial charge in [-0.1, -0.05) is 20.8 Å². The zero-order valence-corrected chi connectivity index (χ0v) is 9.25. The van der Waals surface area contributed by atoms with E-state index in [0.29, 0.717) is 12.5 Å². The van der Waals surface area contributed by atoms with E-state index < -0.39 is 0 Å². The fraction of sp³-hybridized carbons (Fsp3) is 0.909. The van der Waals surface area contributed by atoms with Crippen molar-refractivity contribution >= 4 is 6.29 Å². The number of nitrogens with zero attached hydrogens (tertiary/aromatic N) is 1. The molecule has 13 heavy (non-hydrogen) atoms. The van der Waals surface area contributed by atoms with E-state index in [1.807, 2.05) is 0 Å². The normalized spacial score (nSPS) is 13.2. The van der Waals surface area contributed by atoms with Crippen LogP contribution in [0.15, 0.2) is 0 Å². The molecular formula is C11H23NO. The SMILES string of the molecule is CCCN(CCC)C(CC)CC=O. The quantitative estimate of drug-likeness (QED) is 0.541. The Bertz CT molecular complexity index is 119. The minimum absolute atomic E-state index is 0.470. The topological polar surface area (TPSA) is 20.3 Å². The lowest BCUT2D eigenvalue weighted by molar-refractivity contribution is -0.109. The van der Waals surface area contributed by atoms with Gasteiger partial charge in [0.05, 0.1) is 0 Å². The minimum Gasteiger partial charge on any atom is -0.303 e. The van der Waals surface area contributed by atoms with Gasteiger partial charge in [-0.15, -0.1) is 0 Å². The molecule has 0 rings (SSSR count). The third-order valence-electron chi connectivity index (χ3n) is 2.38. The first-order valence-corrected chi connectivity index (χ1v) is 5.47. The van der Waals surface area contributed by atoms with Gasteiger partial charge in [-0.2, -0.15) is 0 Å². The van der Waals surface area contributed by atoms with Crippen molar-refractivity contribution in [3.05, 3.63) is 0 Å². The Morgan fingerprint density at radius 1 is 1.15 bits per heavy atom. The molecule has 0 spiro atoms. The maximum absolute atomic E-state index is 10.5. The van der Waals surface area contributed by atoms with Crippen LogP contribution < -0.4 is 0 Å². The predicted octanol–water partition coefficient (Wildman–Crippen LogP) is 2.48. The maximum atomic E-state index is 10.5. The summed E-state index contributed by atoms with van der Waals surface area (Å²) in [5, 5.41) is 0. The van der Waals surface area contributed by atoms with Crippen LogP contribution in [0.4, 0.5) is 0 Å². The van der Waals surface area contributed by atoms with Crippen molar-refractivity contribution in [3.63, 3.8) is 0 Å². The van der Waals surface area contributed by atoms with Crippen molar-refractivity contribution in [2.24, 2.45) is 0 Å². The summed E-state index contributed by atoms with van der Waals surface area (Å²) in [5.41, 5.74) is 0. The molecule has 0 heterocycles. The molecule has 0 aromatic rings. The second-order valence-electron chi connectivity index (χ2n) is 3.50. The van der Waals surface area contributed by atoms with Crippen LogP contribution in [0.25, 0.3) is 0 Å². The number of carbonyl (C=O) groups excluding carboxylic acids is 1. The molecule has 1 unspecified atom stereocenters. The Balaban J connectivity index is 4.02. The Morgan fingerprint density at radius 2 is 1.69 bits per heavy atom. The highest BCUT2D eigenvalue weighted by atomic mass is 16.1. The fourth-order valence-corrected chi connectivity index (χ4v) is 1.74. The van der Waals surface area contributed by atoms with Crippen LogP contribution in [0.3, 0.4) is 0 Å². The van der Waals surface area contributed by atoms with Gasteiger partial charge in [0.2, 0.25) is 0 Å². The Morgan fingerprint density at radius 3 is 2.00 bits per heavy atom. The van der Waals surface area contributed by atoms with Crippen LogP contribution in [0.2, 0.25) is 0 Å². The molecule has 2 nitrogen and oxygen atoms in total. The summed E-state index contributed by atoms with van der Waals surface area (Å²) < 4.78 is 0. The largest absolute Gasteiger partial charge is 0.303 e. The molecule has 0 saturated heterocycles. The van der Waals surface area contributed by atoms with Crippen LogP contribution in [0, 0.1) is 0 Å². The molecule has 0 fully saturated rings. The Hall–Kier alpha value is -0.370. The first-order valence-electron chi connectivity index (χ1n) is 5.47. The number of hydrogen-bond donors (Lipinski definition) is 0. The molecule has 0 aliphatic carbocycles. The van der Waals surface area contributed by atoms with E-state index >= 15 is 0 Å². The van der Waals surface area contributed by atoms with Crippen LogP contribution >= 0.6 is 0 Å². The lowest BCUT2D eigenvalue weighted by Crippen LogP contribution is -2.36. The van der Waals surface area contributed by atoms with Gasteiger partial charge < -0.3 is 4.79 Å². The third-order valence-corrected chi connectivity index (χ3v) is 2.38. The lowest BCUT2D eigenvalue weighted by atomic mass is 10.1. The van der Waals surface area contributed by atoms with Crippen LogP contribution in [0.5, 0.6) is 0 Å². The van der Waals surface area contributed by atoms with Crippen molar-refractivity contribution in [1.82, 2.24) is 4.90 Å². The molecular weight excluding hydrogens is 162 g/mol. The average molecular weight is 185 g/mol. The van der Waals surface area contributed by atoms with E-state index in [-0.39, 0.29) is 0 Å². The lowest BCUT2D eigenvalue weighted by Gasteiger charge is -2.29. The summed E-state index contributed by atoms with van der Waals surface area (Å²) in [5.74, 6) is 0. The molecule has 0 N–H and O–H groups in total. The van der Waals surface area contributed by atoms with Crippen molar-refractivity contribution < 1.29 is 4.79 Å². The monoisotopic (exact) mass is 185 g/mol. The zero-order valence-electron chi connectivity index (χ0n) is 9.25. The highest BCUT2D eigenvalue weighted by Crippen LogP contribution is 2.08. The highest BCUT2D eigenvalue weighted by molar-refractivity contribution is 5.50. The number of rotatable bonds is 8. The maximum Gasteiger partial charge on any atom is 0.121 e. The van der Waals surface area contributed by atoms with E-state index in [9.17, 15) is 4.79 Å². The zero-order chi connectivity index (χ0) is 10.1. The first-order chi connectivity index (χ1) is 6.29. The van der Waals surface area contributed by atoms with Crippen molar-refractivity contribution in [3.8, 4) is 0 Å². The summed E-state index contributed by atoms with van der Waals surface area (Å²) >= 11 is 0. The number of aldehydes is 1. The van der Waals surface area contributed by atoms with Crippen LogP contribution in [-0.2, 0) is 4.79 Å². The van der Waals surface area contributed by atoms with Gasteiger partial charge in [0.25, 0.3) is 0 Å². The van der Waals surface area contributed by atoms with Crippen LogP contribution in [0.1, 0.15) is 46.5 Å². The summed E-state index contributed by atoms with van der Waals surface area (Å²) in [6, 6.07) is 0.470. The molecule has 0 amide bonds. The van der Waals surface area contributed by atoms with Crippen molar-refractivity contribution in [1.29, 1.82) is 0 Å². The highest BCUT2D eigenvalue weighted by Gasteiger charge is 2.13. The van der Waals surface area contributed by atoms with Gasteiger partial charge in [-0.25, -0.2) is 0 Å². The molecule has 0 aromatic carbocycles. The van der Waals surface area contributed by atoms with Gasteiger partial charge in [-0.05, 0) is 32.4 Å². The standard InChI is InChI=1S/C11H23NO/c1-4-8-12(9-5-2)11(6-3)7-10-13/h10-11H,4-9H2,1-3H3. The minimum atomic E-state index is 0.470. The van der Waals surface area contributed by atoms with Gasteiger partial charge in [0.15, 0.2) is 0 Å². The van der Waals surface area contributed by atoms with Crippen LogP contribution in [-0.4, -0.2) is 30.3 Å². The van der Waals surface area contributed by atoms with Crippen molar-refractivity contribution in [2.45, 2.75) is 52.5 Å². The first kappa shape index (κ1) is 12.6. The summed E-state index contributed by atoms with van der Waals surface area (Å²) in [6.45, 7) is 8.79.